The van der Waals surface area contributed by atoms with Gasteiger partial charge < -0.3 is 5.32 Å². The number of hydrogen-bond donors (Lipinski definition) is 1. The average Bonchev–Trinajstić information content (AvgIpc) is 2.68. The molecule has 0 saturated heterocycles. The van der Waals surface area contributed by atoms with Crippen LogP contribution in [0.15, 0.2) is 30.9 Å². The summed E-state index contributed by atoms with van der Waals surface area (Å²) in [6, 6.07) is 0. The topological polar surface area (TPSA) is 46.9 Å². The molecule has 0 spiro atoms. The van der Waals surface area contributed by atoms with E-state index in [1.165, 1.54) is 0 Å². The first-order valence-electron chi connectivity index (χ1n) is 6.00. The van der Waals surface area contributed by atoms with Gasteiger partial charge in [-0.25, -0.2) is 4.68 Å². The zero-order chi connectivity index (χ0) is 13.1. The average molecular weight is 243 g/mol. The molecule has 18 heavy (non-hydrogen) atoms. The molecule has 2 heterocycles. The molecule has 0 atom stereocenters. The highest BCUT2D eigenvalue weighted by atomic mass is 16.1. The maximum absolute atomic E-state index is 11.4. The molecule has 1 aromatic heterocycles. The summed E-state index contributed by atoms with van der Waals surface area (Å²) in [5, 5.41) is 7.40. The minimum atomic E-state index is 0.0506. The van der Waals surface area contributed by atoms with Crippen LogP contribution in [0.4, 0.5) is 5.82 Å². The number of amides is 1. The third-order valence-corrected chi connectivity index (χ3v) is 2.96. The molecular formula is C14H17N3O. The predicted molar refractivity (Wildman–Crippen MR) is 73.2 cm³/mol. The van der Waals surface area contributed by atoms with Crippen LogP contribution in [0.2, 0.25) is 0 Å². The summed E-state index contributed by atoms with van der Waals surface area (Å²) in [5.41, 5.74) is 2.82. The summed E-state index contributed by atoms with van der Waals surface area (Å²) in [4.78, 5) is 11.4. The maximum atomic E-state index is 11.4. The number of aromatic nitrogens is 2. The molecular weight excluding hydrogens is 226 g/mol. The van der Waals surface area contributed by atoms with Gasteiger partial charge in [0.05, 0.1) is 12.2 Å². The van der Waals surface area contributed by atoms with E-state index in [0.717, 1.165) is 22.6 Å². The monoisotopic (exact) mass is 243 g/mol. The van der Waals surface area contributed by atoms with Crippen molar-refractivity contribution in [3.8, 4) is 0 Å². The van der Waals surface area contributed by atoms with E-state index in [9.17, 15) is 4.79 Å². The van der Waals surface area contributed by atoms with Crippen LogP contribution in [0.5, 0.6) is 0 Å². The Hall–Kier alpha value is -2.10. The van der Waals surface area contributed by atoms with E-state index >= 15 is 0 Å². The lowest BCUT2D eigenvalue weighted by molar-refractivity contribution is -0.116. The number of nitrogens with zero attached hydrogens (tertiary/aromatic N) is 2. The Balaban J connectivity index is 2.46. The molecule has 0 fully saturated rings. The molecule has 0 aliphatic carbocycles. The molecule has 0 saturated carbocycles. The second-order valence-electron chi connectivity index (χ2n) is 4.20. The van der Waals surface area contributed by atoms with Crippen molar-refractivity contribution in [2.24, 2.45) is 0 Å². The summed E-state index contributed by atoms with van der Waals surface area (Å²) in [6.45, 7) is 8.37. The van der Waals surface area contributed by atoms with Gasteiger partial charge in [0, 0.05) is 17.6 Å². The molecule has 0 unspecified atom stereocenters. The van der Waals surface area contributed by atoms with Gasteiger partial charge in [0.15, 0.2) is 0 Å². The fourth-order valence-corrected chi connectivity index (χ4v) is 1.99. The third-order valence-electron chi connectivity index (χ3n) is 2.96. The van der Waals surface area contributed by atoms with Crippen molar-refractivity contribution in [2.45, 2.75) is 26.8 Å². The Morgan fingerprint density at radius 3 is 3.00 bits per heavy atom. The second kappa shape index (κ2) is 5.04. The van der Waals surface area contributed by atoms with Crippen LogP contribution < -0.4 is 5.32 Å². The number of carbonyl (C=O) groups excluding carboxylic acids is 1. The van der Waals surface area contributed by atoms with Crippen LogP contribution in [0, 0.1) is 6.92 Å². The van der Waals surface area contributed by atoms with Crippen molar-refractivity contribution in [1.29, 1.82) is 0 Å². The number of allylic oxidation sites excluding steroid dienone is 5. The minimum Gasteiger partial charge on any atom is -0.311 e. The number of carbonyl (C=O) groups is 1. The first-order chi connectivity index (χ1) is 8.67. The zero-order valence-corrected chi connectivity index (χ0v) is 10.7. The van der Waals surface area contributed by atoms with E-state index < -0.39 is 0 Å². The Labute approximate surface area is 107 Å². The second-order valence-corrected chi connectivity index (χ2v) is 4.20. The molecule has 0 bridgehead atoms. The Kier molecular flexibility index (Phi) is 3.46. The largest absolute Gasteiger partial charge is 0.311 e. The molecule has 1 aliphatic rings. The Bertz CT molecular complexity index is 550. The first-order valence-corrected chi connectivity index (χ1v) is 6.00. The van der Waals surface area contributed by atoms with E-state index in [0.29, 0.717) is 13.0 Å². The normalized spacial score (nSPS) is 15.7. The van der Waals surface area contributed by atoms with Gasteiger partial charge in [0.2, 0.25) is 5.91 Å². The molecule has 1 aliphatic heterocycles. The van der Waals surface area contributed by atoms with Crippen molar-refractivity contribution < 1.29 is 4.79 Å². The molecule has 4 nitrogen and oxygen atoms in total. The molecule has 1 aromatic rings. The van der Waals surface area contributed by atoms with Crippen LogP contribution >= 0.6 is 0 Å². The highest BCUT2D eigenvalue weighted by molar-refractivity contribution is 5.93. The van der Waals surface area contributed by atoms with E-state index in [-0.39, 0.29) is 5.91 Å². The molecule has 4 heteroatoms. The summed E-state index contributed by atoms with van der Waals surface area (Å²) in [5.74, 6) is 0.851. The van der Waals surface area contributed by atoms with E-state index in [4.69, 9.17) is 0 Å². The number of anilines is 1. The first kappa shape index (κ1) is 12.4. The van der Waals surface area contributed by atoms with Crippen LogP contribution in [-0.4, -0.2) is 15.7 Å². The van der Waals surface area contributed by atoms with Crippen molar-refractivity contribution in [3.05, 3.63) is 42.1 Å². The summed E-state index contributed by atoms with van der Waals surface area (Å²) in [6.07, 6.45) is 8.14. The molecule has 0 aromatic carbocycles. The minimum absolute atomic E-state index is 0.0506. The number of rotatable bonds is 3. The Morgan fingerprint density at radius 2 is 2.33 bits per heavy atom. The fraction of sp³-hybridized carbons (Fsp3) is 0.286. The Morgan fingerprint density at radius 1 is 1.56 bits per heavy atom. The van der Waals surface area contributed by atoms with Crippen LogP contribution in [0.3, 0.4) is 0 Å². The lowest BCUT2D eigenvalue weighted by atomic mass is 10.1. The van der Waals surface area contributed by atoms with Crippen molar-refractivity contribution >= 4 is 17.3 Å². The molecule has 1 amide bonds. The van der Waals surface area contributed by atoms with Crippen molar-refractivity contribution in [1.82, 2.24) is 9.78 Å². The lowest BCUT2D eigenvalue weighted by Gasteiger charge is -2.14. The number of hydrogen-bond acceptors (Lipinski definition) is 2. The van der Waals surface area contributed by atoms with Gasteiger partial charge in [-0.05, 0) is 13.8 Å². The van der Waals surface area contributed by atoms with E-state index in [2.05, 4.69) is 17.0 Å². The summed E-state index contributed by atoms with van der Waals surface area (Å²) < 4.78 is 1.85. The fourth-order valence-electron chi connectivity index (χ4n) is 1.99. The van der Waals surface area contributed by atoms with E-state index in [1.807, 2.05) is 36.8 Å². The maximum Gasteiger partial charge on any atom is 0.227 e. The SMILES string of the molecule is C=C/C(=C\C=C/C)c1nn2c(c1C)NC(=O)CC2. The molecule has 1 N–H and O–H groups in total. The smallest absolute Gasteiger partial charge is 0.227 e. The molecule has 0 radical (unpaired) electrons. The van der Waals surface area contributed by atoms with Gasteiger partial charge in [0.1, 0.15) is 5.82 Å². The van der Waals surface area contributed by atoms with Gasteiger partial charge in [-0.3, -0.25) is 4.79 Å². The molecule has 94 valence electrons. The lowest BCUT2D eigenvalue weighted by Crippen LogP contribution is -2.23. The summed E-state index contributed by atoms with van der Waals surface area (Å²) >= 11 is 0. The van der Waals surface area contributed by atoms with Crippen LogP contribution in [-0.2, 0) is 11.3 Å². The number of fused-ring (bicyclic) bond motifs is 1. The quantitative estimate of drug-likeness (QED) is 0.830. The predicted octanol–water partition coefficient (Wildman–Crippen LogP) is 2.68. The highest BCUT2D eigenvalue weighted by Gasteiger charge is 2.21. The summed E-state index contributed by atoms with van der Waals surface area (Å²) in [7, 11) is 0. The van der Waals surface area contributed by atoms with Gasteiger partial charge in [-0.1, -0.05) is 30.9 Å². The highest BCUT2D eigenvalue weighted by Crippen LogP contribution is 2.27. The van der Waals surface area contributed by atoms with Gasteiger partial charge >= 0.3 is 0 Å². The van der Waals surface area contributed by atoms with Crippen LogP contribution in [0.1, 0.15) is 24.6 Å². The standard InChI is InChI=1S/C14H17N3O/c1-4-6-7-11(5-2)13-10(3)14-15-12(18)8-9-17(14)16-13/h4-7H,2,8-9H2,1,3H3,(H,15,18)/b6-4-,11-7+. The zero-order valence-electron chi connectivity index (χ0n) is 10.7. The van der Waals surface area contributed by atoms with Gasteiger partial charge in [-0.15, -0.1) is 0 Å². The number of aryl methyl sites for hydroxylation is 1. The van der Waals surface area contributed by atoms with Crippen molar-refractivity contribution in [2.75, 3.05) is 5.32 Å². The molecule has 2 rings (SSSR count). The van der Waals surface area contributed by atoms with E-state index in [1.54, 1.807) is 6.08 Å². The van der Waals surface area contributed by atoms with Crippen molar-refractivity contribution in [3.63, 3.8) is 0 Å². The number of nitrogens with one attached hydrogen (secondary N) is 1. The third kappa shape index (κ3) is 2.14. The van der Waals surface area contributed by atoms with Gasteiger partial charge in [0.25, 0.3) is 0 Å². The van der Waals surface area contributed by atoms with Gasteiger partial charge in [-0.2, -0.15) is 5.10 Å². The van der Waals surface area contributed by atoms with Crippen LogP contribution in [0.25, 0.3) is 5.57 Å².